The number of alkyl halides is 1. The lowest BCUT2D eigenvalue weighted by Gasteiger charge is -2.35. The van der Waals surface area contributed by atoms with Crippen LogP contribution in [0.1, 0.15) is 38.5 Å². The Labute approximate surface area is 97.9 Å². The number of piperidine rings is 1. The standard InChI is InChI=1S/C12H22ClNO/c13-7-10-15-12-5-8-14(9-6-12)11-3-1-2-4-11/h11-12H,1-10H2. The highest BCUT2D eigenvalue weighted by Gasteiger charge is 2.27. The SMILES string of the molecule is ClCCOC1CCN(C2CCCC2)CC1. The third-order valence-electron chi connectivity index (χ3n) is 3.75. The van der Waals surface area contributed by atoms with E-state index in [2.05, 4.69) is 4.90 Å². The lowest BCUT2D eigenvalue weighted by atomic mass is 10.0. The summed E-state index contributed by atoms with van der Waals surface area (Å²) in [5, 5.41) is 0. The molecule has 2 nitrogen and oxygen atoms in total. The van der Waals surface area contributed by atoms with E-state index in [4.69, 9.17) is 16.3 Å². The van der Waals surface area contributed by atoms with Gasteiger partial charge in [-0.2, -0.15) is 0 Å². The number of halogens is 1. The van der Waals surface area contributed by atoms with Crippen LogP contribution in [0, 0.1) is 0 Å². The van der Waals surface area contributed by atoms with Gasteiger partial charge in [0.05, 0.1) is 12.7 Å². The molecule has 2 rings (SSSR count). The first-order chi connectivity index (χ1) is 7.40. The van der Waals surface area contributed by atoms with Gasteiger partial charge >= 0.3 is 0 Å². The number of nitrogens with zero attached hydrogens (tertiary/aromatic N) is 1. The van der Waals surface area contributed by atoms with Crippen LogP contribution >= 0.6 is 11.6 Å². The van der Waals surface area contributed by atoms with Crippen molar-refractivity contribution in [1.82, 2.24) is 4.90 Å². The summed E-state index contributed by atoms with van der Waals surface area (Å²) in [5.74, 6) is 0.628. The summed E-state index contributed by atoms with van der Waals surface area (Å²) < 4.78 is 5.68. The van der Waals surface area contributed by atoms with E-state index < -0.39 is 0 Å². The maximum Gasteiger partial charge on any atom is 0.0605 e. The molecule has 0 aromatic heterocycles. The fourth-order valence-electron chi connectivity index (χ4n) is 2.89. The van der Waals surface area contributed by atoms with Crippen molar-refractivity contribution in [2.75, 3.05) is 25.6 Å². The smallest absolute Gasteiger partial charge is 0.0605 e. The quantitative estimate of drug-likeness (QED) is 0.690. The molecule has 0 radical (unpaired) electrons. The highest BCUT2D eigenvalue weighted by atomic mass is 35.5. The van der Waals surface area contributed by atoms with Gasteiger partial charge in [0, 0.05) is 25.0 Å². The van der Waals surface area contributed by atoms with Crippen LogP contribution in [0.5, 0.6) is 0 Å². The molecule has 0 unspecified atom stereocenters. The highest BCUT2D eigenvalue weighted by Crippen LogP contribution is 2.26. The zero-order chi connectivity index (χ0) is 10.5. The van der Waals surface area contributed by atoms with Crippen molar-refractivity contribution >= 4 is 11.6 Å². The summed E-state index contributed by atoms with van der Waals surface area (Å²) in [6.45, 7) is 3.19. The van der Waals surface area contributed by atoms with Gasteiger partial charge in [0.2, 0.25) is 0 Å². The number of likely N-dealkylation sites (tertiary alicyclic amines) is 1. The molecule has 2 aliphatic rings. The van der Waals surface area contributed by atoms with Gasteiger partial charge in [-0.3, -0.25) is 0 Å². The number of ether oxygens (including phenoxy) is 1. The van der Waals surface area contributed by atoms with Gasteiger partial charge in [-0.1, -0.05) is 12.8 Å². The van der Waals surface area contributed by atoms with E-state index in [9.17, 15) is 0 Å². The Kier molecular flexibility index (Phi) is 4.73. The van der Waals surface area contributed by atoms with Crippen molar-refractivity contribution in [1.29, 1.82) is 0 Å². The maximum absolute atomic E-state index is 5.68. The first-order valence-corrected chi connectivity index (χ1v) is 6.85. The van der Waals surface area contributed by atoms with Crippen molar-refractivity contribution in [3.05, 3.63) is 0 Å². The minimum absolute atomic E-state index is 0.474. The molecule has 0 amide bonds. The molecule has 0 aromatic carbocycles. The normalized spacial score (nSPS) is 26.2. The predicted molar refractivity (Wildman–Crippen MR) is 63.5 cm³/mol. The van der Waals surface area contributed by atoms with Crippen LogP contribution < -0.4 is 0 Å². The topological polar surface area (TPSA) is 12.5 Å². The number of rotatable bonds is 4. The maximum atomic E-state index is 5.68. The molecule has 0 bridgehead atoms. The van der Waals surface area contributed by atoms with Gasteiger partial charge in [-0.05, 0) is 25.7 Å². The van der Waals surface area contributed by atoms with Gasteiger partial charge in [0.25, 0.3) is 0 Å². The van der Waals surface area contributed by atoms with Gasteiger partial charge in [-0.15, -0.1) is 11.6 Å². The van der Waals surface area contributed by atoms with Crippen molar-refractivity contribution in [2.24, 2.45) is 0 Å². The molecular formula is C12H22ClNO. The summed E-state index contributed by atoms with van der Waals surface area (Å²) in [6.07, 6.45) is 8.60. The Hall–Kier alpha value is 0.210. The zero-order valence-corrected chi connectivity index (χ0v) is 10.2. The molecule has 1 heterocycles. The fraction of sp³-hybridized carbons (Fsp3) is 1.00. The second-order valence-electron chi connectivity index (χ2n) is 4.73. The monoisotopic (exact) mass is 231 g/mol. The Balaban J connectivity index is 1.67. The van der Waals surface area contributed by atoms with Crippen LogP contribution in [0.25, 0.3) is 0 Å². The molecule has 1 saturated carbocycles. The minimum atomic E-state index is 0.474. The molecule has 88 valence electrons. The third-order valence-corrected chi connectivity index (χ3v) is 3.90. The average molecular weight is 232 g/mol. The van der Waals surface area contributed by atoms with Gasteiger partial charge in [0.1, 0.15) is 0 Å². The lowest BCUT2D eigenvalue weighted by Crippen LogP contribution is -2.42. The molecule has 0 spiro atoms. The molecule has 1 aliphatic carbocycles. The Morgan fingerprint density at radius 1 is 1.07 bits per heavy atom. The fourth-order valence-corrected chi connectivity index (χ4v) is 2.98. The van der Waals surface area contributed by atoms with Gasteiger partial charge in [-0.25, -0.2) is 0 Å². The summed E-state index contributed by atoms with van der Waals surface area (Å²) in [5.41, 5.74) is 0. The van der Waals surface area contributed by atoms with Crippen molar-refractivity contribution in [3.63, 3.8) is 0 Å². The van der Waals surface area contributed by atoms with E-state index in [1.165, 1.54) is 51.6 Å². The molecule has 0 aromatic rings. The lowest BCUT2D eigenvalue weighted by molar-refractivity contribution is 0.00553. The summed E-state index contributed by atoms with van der Waals surface area (Å²) >= 11 is 5.62. The minimum Gasteiger partial charge on any atom is -0.377 e. The van der Waals surface area contributed by atoms with E-state index in [0.717, 1.165) is 12.6 Å². The van der Waals surface area contributed by atoms with Crippen molar-refractivity contribution < 1.29 is 4.74 Å². The van der Waals surface area contributed by atoms with Gasteiger partial charge < -0.3 is 9.64 Å². The average Bonchev–Trinajstić information content (AvgIpc) is 2.80. The van der Waals surface area contributed by atoms with E-state index in [0.29, 0.717) is 12.0 Å². The molecule has 0 N–H and O–H groups in total. The molecule has 0 atom stereocenters. The van der Waals surface area contributed by atoms with Crippen LogP contribution in [0.3, 0.4) is 0 Å². The molecular weight excluding hydrogens is 210 g/mol. The van der Waals surface area contributed by atoms with E-state index in [1.54, 1.807) is 0 Å². The Morgan fingerprint density at radius 2 is 1.73 bits per heavy atom. The van der Waals surface area contributed by atoms with Crippen LogP contribution in [0.15, 0.2) is 0 Å². The first kappa shape index (κ1) is 11.7. The van der Waals surface area contributed by atoms with Crippen LogP contribution in [-0.2, 0) is 4.74 Å². The molecule has 15 heavy (non-hydrogen) atoms. The summed E-state index contributed by atoms with van der Waals surface area (Å²) in [4.78, 5) is 2.67. The second kappa shape index (κ2) is 6.07. The largest absolute Gasteiger partial charge is 0.377 e. The van der Waals surface area contributed by atoms with Gasteiger partial charge in [0.15, 0.2) is 0 Å². The van der Waals surface area contributed by atoms with Crippen LogP contribution in [0.2, 0.25) is 0 Å². The first-order valence-electron chi connectivity index (χ1n) is 6.32. The Bertz CT molecular complexity index is 174. The Morgan fingerprint density at radius 3 is 2.33 bits per heavy atom. The number of hydrogen-bond donors (Lipinski definition) is 0. The zero-order valence-electron chi connectivity index (χ0n) is 9.46. The van der Waals surface area contributed by atoms with E-state index in [1.807, 2.05) is 0 Å². The number of hydrogen-bond acceptors (Lipinski definition) is 2. The van der Waals surface area contributed by atoms with Crippen LogP contribution in [-0.4, -0.2) is 42.6 Å². The van der Waals surface area contributed by atoms with Crippen molar-refractivity contribution in [2.45, 2.75) is 50.7 Å². The van der Waals surface area contributed by atoms with E-state index >= 15 is 0 Å². The molecule has 1 saturated heterocycles. The van der Waals surface area contributed by atoms with Crippen molar-refractivity contribution in [3.8, 4) is 0 Å². The van der Waals surface area contributed by atoms with E-state index in [-0.39, 0.29) is 0 Å². The molecule has 1 aliphatic heterocycles. The second-order valence-corrected chi connectivity index (χ2v) is 5.11. The highest BCUT2D eigenvalue weighted by molar-refractivity contribution is 6.17. The summed E-state index contributed by atoms with van der Waals surface area (Å²) in [6, 6.07) is 0.888. The predicted octanol–water partition coefficient (Wildman–Crippen LogP) is 2.65. The molecule has 3 heteroatoms. The third kappa shape index (κ3) is 3.33. The van der Waals surface area contributed by atoms with Crippen LogP contribution in [0.4, 0.5) is 0 Å². The summed E-state index contributed by atoms with van der Waals surface area (Å²) in [7, 11) is 0. The molecule has 2 fully saturated rings.